The van der Waals surface area contributed by atoms with E-state index in [1.807, 2.05) is 47.1 Å². The Morgan fingerprint density at radius 2 is 1.92 bits per heavy atom. The second-order valence-electron chi connectivity index (χ2n) is 5.67. The van der Waals surface area contributed by atoms with E-state index in [4.69, 9.17) is 23.2 Å². The van der Waals surface area contributed by atoms with Gasteiger partial charge in [0.15, 0.2) is 0 Å². The van der Waals surface area contributed by atoms with Crippen molar-refractivity contribution in [3.05, 3.63) is 64.3 Å². The predicted molar refractivity (Wildman–Crippen MR) is 97.3 cm³/mol. The molecule has 4 nitrogen and oxygen atoms in total. The molecule has 3 rings (SSSR count). The number of hydrogen-bond acceptors (Lipinski definition) is 2. The molecule has 0 spiro atoms. The average Bonchev–Trinajstić information content (AvgIpc) is 2.99. The second-order valence-corrected chi connectivity index (χ2v) is 6.51. The quantitative estimate of drug-likeness (QED) is 0.675. The first kappa shape index (κ1) is 16.8. The number of amides is 1. The largest absolute Gasteiger partial charge is 0.341 e. The van der Waals surface area contributed by atoms with E-state index in [2.05, 4.69) is 5.10 Å². The Balaban J connectivity index is 1.62. The highest BCUT2D eigenvalue weighted by Crippen LogP contribution is 2.22. The molecule has 0 aliphatic heterocycles. The SMILES string of the molecule is CN(Cc1ccc(Cl)cc1)C(=O)CCn1ncc2c(Cl)cccc21. The lowest BCUT2D eigenvalue weighted by molar-refractivity contribution is -0.130. The Bertz CT molecular complexity index is 858. The molecule has 124 valence electrons. The van der Waals surface area contributed by atoms with Crippen LogP contribution in [0.3, 0.4) is 0 Å². The maximum atomic E-state index is 12.3. The summed E-state index contributed by atoms with van der Waals surface area (Å²) >= 11 is 12.0. The fraction of sp³-hybridized carbons (Fsp3) is 0.222. The number of benzene rings is 2. The molecule has 0 bridgehead atoms. The summed E-state index contributed by atoms with van der Waals surface area (Å²) in [5.74, 6) is 0.0654. The summed E-state index contributed by atoms with van der Waals surface area (Å²) < 4.78 is 1.81. The van der Waals surface area contributed by atoms with E-state index in [1.165, 1.54) is 0 Å². The summed E-state index contributed by atoms with van der Waals surface area (Å²) in [4.78, 5) is 14.1. The number of carbonyl (C=O) groups is 1. The Morgan fingerprint density at radius 3 is 2.67 bits per heavy atom. The zero-order valence-electron chi connectivity index (χ0n) is 13.2. The maximum Gasteiger partial charge on any atom is 0.224 e. The summed E-state index contributed by atoms with van der Waals surface area (Å²) in [6, 6.07) is 13.2. The number of halogens is 2. The van der Waals surface area contributed by atoms with Crippen molar-refractivity contribution in [1.82, 2.24) is 14.7 Å². The van der Waals surface area contributed by atoms with E-state index in [0.717, 1.165) is 16.5 Å². The molecule has 0 atom stereocenters. The second kappa shape index (κ2) is 7.24. The Kier molecular flexibility index (Phi) is 5.07. The molecule has 0 unspecified atom stereocenters. The van der Waals surface area contributed by atoms with Crippen molar-refractivity contribution in [1.29, 1.82) is 0 Å². The molecule has 3 aromatic rings. The molecule has 0 saturated heterocycles. The molecule has 0 saturated carbocycles. The molecule has 2 aromatic carbocycles. The van der Waals surface area contributed by atoms with Crippen LogP contribution in [0, 0.1) is 0 Å². The number of carbonyl (C=O) groups excluding carboxylic acids is 1. The zero-order chi connectivity index (χ0) is 17.1. The van der Waals surface area contributed by atoms with E-state index in [9.17, 15) is 4.79 Å². The number of aromatic nitrogens is 2. The predicted octanol–water partition coefficient (Wildman–Crippen LogP) is 4.39. The van der Waals surface area contributed by atoms with Gasteiger partial charge in [0.25, 0.3) is 0 Å². The third-order valence-electron chi connectivity index (χ3n) is 3.93. The third-order valence-corrected chi connectivity index (χ3v) is 4.51. The molecule has 0 aliphatic rings. The smallest absolute Gasteiger partial charge is 0.224 e. The van der Waals surface area contributed by atoms with E-state index in [1.54, 1.807) is 18.1 Å². The van der Waals surface area contributed by atoms with Crippen LogP contribution in [0.5, 0.6) is 0 Å². The standard InChI is InChI=1S/C18H17Cl2N3O/c1-22(12-13-5-7-14(19)8-6-13)18(24)9-10-23-17-4-2-3-16(20)15(17)11-21-23/h2-8,11H,9-10,12H2,1H3. The van der Waals surface area contributed by atoms with Crippen LogP contribution in [0.25, 0.3) is 10.9 Å². The minimum atomic E-state index is 0.0654. The average molecular weight is 362 g/mol. The molecule has 0 radical (unpaired) electrons. The highest BCUT2D eigenvalue weighted by molar-refractivity contribution is 6.35. The normalized spacial score (nSPS) is 11.0. The monoisotopic (exact) mass is 361 g/mol. The van der Waals surface area contributed by atoms with Crippen LogP contribution in [-0.4, -0.2) is 27.6 Å². The van der Waals surface area contributed by atoms with Crippen molar-refractivity contribution in [3.63, 3.8) is 0 Å². The van der Waals surface area contributed by atoms with Gasteiger partial charge in [0.05, 0.1) is 23.3 Å². The number of fused-ring (bicyclic) bond motifs is 1. The summed E-state index contributed by atoms with van der Waals surface area (Å²) in [7, 11) is 1.80. The Morgan fingerprint density at radius 1 is 1.17 bits per heavy atom. The first-order chi connectivity index (χ1) is 11.5. The molecule has 1 amide bonds. The Hall–Kier alpha value is -2.04. The maximum absolute atomic E-state index is 12.3. The van der Waals surface area contributed by atoms with Gasteiger partial charge in [-0.25, -0.2) is 0 Å². The van der Waals surface area contributed by atoms with Crippen molar-refractivity contribution in [2.45, 2.75) is 19.5 Å². The first-order valence-corrected chi connectivity index (χ1v) is 8.38. The number of rotatable bonds is 5. The summed E-state index contributed by atoms with van der Waals surface area (Å²) in [6.45, 7) is 1.08. The molecular weight excluding hydrogens is 345 g/mol. The van der Waals surface area contributed by atoms with Gasteiger partial charge in [-0.3, -0.25) is 9.48 Å². The van der Waals surface area contributed by atoms with Crippen LogP contribution >= 0.6 is 23.2 Å². The van der Waals surface area contributed by atoms with Gasteiger partial charge in [0, 0.05) is 30.4 Å². The molecule has 1 aromatic heterocycles. The minimum absolute atomic E-state index is 0.0654. The van der Waals surface area contributed by atoms with Gasteiger partial charge in [-0.15, -0.1) is 0 Å². The molecule has 24 heavy (non-hydrogen) atoms. The van der Waals surface area contributed by atoms with Crippen LogP contribution in [0.15, 0.2) is 48.7 Å². The van der Waals surface area contributed by atoms with E-state index in [-0.39, 0.29) is 5.91 Å². The summed E-state index contributed by atoms with van der Waals surface area (Å²) in [5, 5.41) is 6.59. The van der Waals surface area contributed by atoms with Crippen LogP contribution < -0.4 is 0 Å². The topological polar surface area (TPSA) is 38.1 Å². The van der Waals surface area contributed by atoms with Crippen molar-refractivity contribution in [2.75, 3.05) is 7.05 Å². The molecular formula is C18H17Cl2N3O. The first-order valence-electron chi connectivity index (χ1n) is 7.63. The lowest BCUT2D eigenvalue weighted by Crippen LogP contribution is -2.27. The highest BCUT2D eigenvalue weighted by atomic mass is 35.5. The van der Waals surface area contributed by atoms with Gasteiger partial charge in [0.2, 0.25) is 5.91 Å². The third kappa shape index (κ3) is 3.71. The fourth-order valence-corrected chi connectivity index (χ4v) is 2.93. The van der Waals surface area contributed by atoms with Gasteiger partial charge in [-0.2, -0.15) is 5.10 Å². The molecule has 1 heterocycles. The van der Waals surface area contributed by atoms with Gasteiger partial charge in [-0.05, 0) is 29.8 Å². The highest BCUT2D eigenvalue weighted by Gasteiger charge is 2.11. The van der Waals surface area contributed by atoms with E-state index < -0.39 is 0 Å². The number of aryl methyl sites for hydroxylation is 1. The Labute approximate surface area is 150 Å². The van der Waals surface area contributed by atoms with E-state index >= 15 is 0 Å². The fourth-order valence-electron chi connectivity index (χ4n) is 2.59. The summed E-state index contributed by atoms with van der Waals surface area (Å²) in [6.07, 6.45) is 2.12. The van der Waals surface area contributed by atoms with Gasteiger partial charge in [0.1, 0.15) is 0 Å². The van der Waals surface area contributed by atoms with Gasteiger partial charge < -0.3 is 4.90 Å². The lowest BCUT2D eigenvalue weighted by atomic mass is 10.2. The number of nitrogens with zero attached hydrogens (tertiary/aromatic N) is 3. The summed E-state index contributed by atoms with van der Waals surface area (Å²) in [5.41, 5.74) is 1.99. The molecule has 0 N–H and O–H groups in total. The van der Waals surface area contributed by atoms with E-state index in [0.29, 0.717) is 29.6 Å². The molecule has 0 aliphatic carbocycles. The van der Waals surface area contributed by atoms with Crippen LogP contribution in [0.2, 0.25) is 10.0 Å². The van der Waals surface area contributed by atoms with Gasteiger partial charge in [-0.1, -0.05) is 41.4 Å². The minimum Gasteiger partial charge on any atom is -0.341 e. The molecule has 0 fully saturated rings. The van der Waals surface area contributed by atoms with Gasteiger partial charge >= 0.3 is 0 Å². The van der Waals surface area contributed by atoms with Crippen molar-refractivity contribution in [3.8, 4) is 0 Å². The van der Waals surface area contributed by atoms with Crippen molar-refractivity contribution < 1.29 is 4.79 Å². The van der Waals surface area contributed by atoms with Crippen molar-refractivity contribution >= 4 is 40.0 Å². The van der Waals surface area contributed by atoms with Crippen molar-refractivity contribution in [2.24, 2.45) is 0 Å². The number of hydrogen-bond donors (Lipinski definition) is 0. The van der Waals surface area contributed by atoms with Crippen LogP contribution in [0.4, 0.5) is 0 Å². The zero-order valence-corrected chi connectivity index (χ0v) is 14.8. The van der Waals surface area contributed by atoms with Crippen LogP contribution in [0.1, 0.15) is 12.0 Å². The molecule has 6 heteroatoms. The van der Waals surface area contributed by atoms with Crippen LogP contribution in [-0.2, 0) is 17.9 Å². The lowest BCUT2D eigenvalue weighted by Gasteiger charge is -2.17.